The van der Waals surface area contributed by atoms with Crippen molar-refractivity contribution in [3.8, 4) is 0 Å². The Morgan fingerprint density at radius 1 is 1.25 bits per heavy atom. The lowest BCUT2D eigenvalue weighted by atomic mass is 10.2. The number of rotatable bonds is 4. The molecule has 0 atom stereocenters. The number of benzene rings is 1. The van der Waals surface area contributed by atoms with Gasteiger partial charge in [0, 0.05) is 12.2 Å². The van der Waals surface area contributed by atoms with E-state index in [0.29, 0.717) is 11.7 Å². The van der Waals surface area contributed by atoms with Crippen LogP contribution in [-0.4, -0.2) is 11.1 Å². The molecule has 1 amide bonds. The summed E-state index contributed by atoms with van der Waals surface area (Å²) >= 11 is 5.77. The average molecular weight is 291 g/mol. The van der Waals surface area contributed by atoms with Gasteiger partial charge in [-0.05, 0) is 24.1 Å². The van der Waals surface area contributed by atoms with Crippen LogP contribution in [0.4, 0.5) is 4.79 Å². The molecule has 104 valence electrons. The minimum absolute atomic E-state index is 0.254. The number of amides is 1. The lowest BCUT2D eigenvalue weighted by molar-refractivity contribution is 0.139. The standard InChI is InChI=1S/C15H15ClN2O2/c1-11-13(7-8-14(16)18-11)9-17-15(19)20-10-12-5-3-2-4-6-12/h2-8H,9-10H2,1H3,(H,17,19). The fourth-order valence-corrected chi connectivity index (χ4v) is 1.88. The van der Waals surface area contributed by atoms with Crippen molar-refractivity contribution in [1.82, 2.24) is 10.3 Å². The second-order valence-corrected chi connectivity index (χ2v) is 4.68. The zero-order valence-electron chi connectivity index (χ0n) is 11.1. The third kappa shape index (κ3) is 4.24. The molecule has 0 spiro atoms. The van der Waals surface area contributed by atoms with Crippen LogP contribution in [0.5, 0.6) is 0 Å². The van der Waals surface area contributed by atoms with Gasteiger partial charge in [0.25, 0.3) is 0 Å². The molecule has 20 heavy (non-hydrogen) atoms. The summed E-state index contributed by atoms with van der Waals surface area (Å²) in [4.78, 5) is 15.7. The molecule has 0 radical (unpaired) electrons. The van der Waals surface area contributed by atoms with Crippen LogP contribution in [-0.2, 0) is 17.9 Å². The first-order valence-electron chi connectivity index (χ1n) is 6.22. The highest BCUT2D eigenvalue weighted by Gasteiger charge is 2.05. The molecule has 0 aliphatic rings. The molecule has 0 bridgehead atoms. The smallest absolute Gasteiger partial charge is 0.407 e. The molecule has 4 nitrogen and oxygen atoms in total. The summed E-state index contributed by atoms with van der Waals surface area (Å²) in [5, 5.41) is 3.13. The van der Waals surface area contributed by atoms with E-state index in [-0.39, 0.29) is 6.61 Å². The predicted octanol–water partition coefficient (Wildman–Crippen LogP) is 3.47. The first kappa shape index (κ1) is 14.3. The van der Waals surface area contributed by atoms with Gasteiger partial charge < -0.3 is 10.1 Å². The predicted molar refractivity (Wildman–Crippen MR) is 77.5 cm³/mol. The van der Waals surface area contributed by atoms with E-state index in [0.717, 1.165) is 16.8 Å². The SMILES string of the molecule is Cc1nc(Cl)ccc1CNC(=O)OCc1ccccc1. The van der Waals surface area contributed by atoms with Gasteiger partial charge in [0.2, 0.25) is 0 Å². The molecular weight excluding hydrogens is 276 g/mol. The van der Waals surface area contributed by atoms with Crippen molar-refractivity contribution in [2.75, 3.05) is 0 Å². The molecule has 1 aromatic heterocycles. The Morgan fingerprint density at radius 3 is 2.70 bits per heavy atom. The van der Waals surface area contributed by atoms with E-state index in [1.807, 2.05) is 43.3 Å². The average Bonchev–Trinajstić information content (AvgIpc) is 2.45. The number of carbonyl (C=O) groups is 1. The number of hydrogen-bond donors (Lipinski definition) is 1. The third-order valence-electron chi connectivity index (χ3n) is 2.80. The third-order valence-corrected chi connectivity index (χ3v) is 3.01. The molecule has 5 heteroatoms. The summed E-state index contributed by atoms with van der Waals surface area (Å²) in [6.07, 6.45) is -0.455. The molecule has 2 aromatic rings. The fraction of sp³-hybridized carbons (Fsp3) is 0.200. The number of carbonyl (C=O) groups excluding carboxylic acids is 1. The van der Waals surface area contributed by atoms with Crippen LogP contribution < -0.4 is 5.32 Å². The largest absolute Gasteiger partial charge is 0.445 e. The van der Waals surface area contributed by atoms with E-state index in [9.17, 15) is 4.79 Å². The number of nitrogens with one attached hydrogen (secondary N) is 1. The van der Waals surface area contributed by atoms with Crippen molar-refractivity contribution in [1.29, 1.82) is 0 Å². The van der Waals surface area contributed by atoms with Crippen molar-refractivity contribution in [2.45, 2.75) is 20.1 Å². The van der Waals surface area contributed by atoms with Crippen LogP contribution >= 0.6 is 11.6 Å². The number of hydrogen-bond acceptors (Lipinski definition) is 3. The van der Waals surface area contributed by atoms with Gasteiger partial charge in [-0.3, -0.25) is 0 Å². The Bertz CT molecular complexity index is 588. The highest BCUT2D eigenvalue weighted by molar-refractivity contribution is 6.29. The van der Waals surface area contributed by atoms with Gasteiger partial charge >= 0.3 is 6.09 Å². The van der Waals surface area contributed by atoms with Gasteiger partial charge in [0.05, 0.1) is 0 Å². The summed E-state index contributed by atoms with van der Waals surface area (Å²) in [6, 6.07) is 13.1. The summed E-state index contributed by atoms with van der Waals surface area (Å²) in [5.74, 6) is 0. The van der Waals surface area contributed by atoms with Gasteiger partial charge in [-0.2, -0.15) is 0 Å². The van der Waals surface area contributed by atoms with Crippen LogP contribution in [0, 0.1) is 6.92 Å². The summed E-state index contributed by atoms with van der Waals surface area (Å²) < 4.78 is 5.12. The zero-order chi connectivity index (χ0) is 14.4. The molecule has 0 aliphatic carbocycles. The second kappa shape index (κ2) is 6.91. The highest BCUT2D eigenvalue weighted by atomic mass is 35.5. The van der Waals surface area contributed by atoms with E-state index in [2.05, 4.69) is 10.3 Å². The van der Waals surface area contributed by atoms with E-state index < -0.39 is 6.09 Å². The van der Waals surface area contributed by atoms with E-state index >= 15 is 0 Å². The van der Waals surface area contributed by atoms with Crippen molar-refractivity contribution in [3.05, 3.63) is 64.4 Å². The van der Waals surface area contributed by atoms with Gasteiger partial charge in [-0.1, -0.05) is 48.0 Å². The summed E-state index contributed by atoms with van der Waals surface area (Å²) in [5.41, 5.74) is 2.65. The molecule has 2 rings (SSSR count). The molecular formula is C15H15ClN2O2. The van der Waals surface area contributed by atoms with Crippen LogP contribution in [0.2, 0.25) is 5.15 Å². The number of halogens is 1. The second-order valence-electron chi connectivity index (χ2n) is 4.29. The van der Waals surface area contributed by atoms with Gasteiger partial charge in [-0.25, -0.2) is 9.78 Å². The lowest BCUT2D eigenvalue weighted by Gasteiger charge is -2.08. The quantitative estimate of drug-likeness (QED) is 0.877. The zero-order valence-corrected chi connectivity index (χ0v) is 11.9. The van der Waals surface area contributed by atoms with Gasteiger partial charge in [0.1, 0.15) is 11.8 Å². The number of alkyl carbamates (subject to hydrolysis) is 1. The topological polar surface area (TPSA) is 51.2 Å². The maximum Gasteiger partial charge on any atom is 0.407 e. The van der Waals surface area contributed by atoms with Crippen molar-refractivity contribution in [2.24, 2.45) is 0 Å². The highest BCUT2D eigenvalue weighted by Crippen LogP contribution is 2.10. The van der Waals surface area contributed by atoms with E-state index in [4.69, 9.17) is 16.3 Å². The van der Waals surface area contributed by atoms with Crippen molar-refractivity contribution < 1.29 is 9.53 Å². The molecule has 1 heterocycles. The lowest BCUT2D eigenvalue weighted by Crippen LogP contribution is -2.24. The number of ether oxygens (including phenoxy) is 1. The summed E-state index contributed by atoms with van der Waals surface area (Å²) in [6.45, 7) is 2.46. The Hall–Kier alpha value is -2.07. The maximum atomic E-state index is 11.6. The van der Waals surface area contributed by atoms with Crippen LogP contribution in [0.25, 0.3) is 0 Å². The van der Waals surface area contributed by atoms with Crippen molar-refractivity contribution >= 4 is 17.7 Å². The van der Waals surface area contributed by atoms with Gasteiger partial charge in [0.15, 0.2) is 0 Å². The Balaban J connectivity index is 1.80. The maximum absolute atomic E-state index is 11.6. The minimum atomic E-state index is -0.455. The number of nitrogens with zero attached hydrogens (tertiary/aromatic N) is 1. The number of pyridine rings is 1. The van der Waals surface area contributed by atoms with E-state index in [1.165, 1.54) is 0 Å². The molecule has 0 aliphatic heterocycles. The number of aryl methyl sites for hydroxylation is 1. The molecule has 0 unspecified atom stereocenters. The molecule has 0 fully saturated rings. The summed E-state index contributed by atoms with van der Waals surface area (Å²) in [7, 11) is 0. The molecule has 1 N–H and O–H groups in total. The van der Waals surface area contributed by atoms with Crippen molar-refractivity contribution in [3.63, 3.8) is 0 Å². The molecule has 1 aromatic carbocycles. The molecule has 0 saturated carbocycles. The Labute approximate surface area is 122 Å². The van der Waals surface area contributed by atoms with Crippen LogP contribution in [0.15, 0.2) is 42.5 Å². The van der Waals surface area contributed by atoms with Gasteiger partial charge in [-0.15, -0.1) is 0 Å². The monoisotopic (exact) mass is 290 g/mol. The Morgan fingerprint density at radius 2 is 2.00 bits per heavy atom. The number of aromatic nitrogens is 1. The fourth-order valence-electron chi connectivity index (χ4n) is 1.69. The van der Waals surface area contributed by atoms with E-state index in [1.54, 1.807) is 6.07 Å². The van der Waals surface area contributed by atoms with Crippen LogP contribution in [0.3, 0.4) is 0 Å². The Kier molecular flexibility index (Phi) is 4.96. The first-order chi connectivity index (χ1) is 9.65. The normalized spacial score (nSPS) is 10.1. The minimum Gasteiger partial charge on any atom is -0.445 e. The first-order valence-corrected chi connectivity index (χ1v) is 6.59. The molecule has 0 saturated heterocycles. The van der Waals surface area contributed by atoms with Crippen LogP contribution in [0.1, 0.15) is 16.8 Å².